The van der Waals surface area contributed by atoms with Gasteiger partial charge in [0.15, 0.2) is 0 Å². The van der Waals surface area contributed by atoms with Gasteiger partial charge in [0.2, 0.25) is 5.76 Å². The van der Waals surface area contributed by atoms with Gasteiger partial charge < -0.3 is 23.9 Å². The second-order valence-electron chi connectivity index (χ2n) is 10.3. The summed E-state index contributed by atoms with van der Waals surface area (Å²) < 4.78 is 7.57. The number of carbonyl (C=O) groups is 2. The molecule has 0 radical (unpaired) electrons. The second-order valence-corrected chi connectivity index (χ2v) is 10.3. The van der Waals surface area contributed by atoms with Crippen LogP contribution in [0.1, 0.15) is 45.2 Å². The van der Waals surface area contributed by atoms with Gasteiger partial charge in [0.25, 0.3) is 17.8 Å². The fourth-order valence-corrected chi connectivity index (χ4v) is 5.35. The summed E-state index contributed by atoms with van der Waals surface area (Å²) in [4.78, 5) is 33.9. The van der Waals surface area contributed by atoms with Gasteiger partial charge in [0.1, 0.15) is 0 Å². The molecule has 3 aromatic heterocycles. The van der Waals surface area contributed by atoms with Crippen LogP contribution in [0.2, 0.25) is 0 Å². The molecule has 2 amide bonds. The van der Waals surface area contributed by atoms with Crippen molar-refractivity contribution in [3.8, 4) is 11.3 Å². The molecule has 0 saturated carbocycles. The van der Waals surface area contributed by atoms with E-state index in [0.29, 0.717) is 30.7 Å². The molecule has 1 fully saturated rings. The Morgan fingerprint density at radius 3 is 2.38 bits per heavy atom. The first-order chi connectivity index (χ1) is 19.5. The lowest BCUT2D eigenvalue weighted by atomic mass is 9.89. The number of pyridine rings is 1. The summed E-state index contributed by atoms with van der Waals surface area (Å²) in [6.45, 7) is 1.40. The summed E-state index contributed by atoms with van der Waals surface area (Å²) >= 11 is 0. The van der Waals surface area contributed by atoms with Gasteiger partial charge in [-0.05, 0) is 60.2 Å². The number of amides is 2. The quantitative estimate of drug-likeness (QED) is 0.292. The molecule has 1 aliphatic heterocycles. The number of hydrogen-bond acceptors (Lipinski definition) is 5. The van der Waals surface area contributed by atoms with E-state index in [1.165, 1.54) is 11.8 Å². The number of rotatable bonds is 6. The van der Waals surface area contributed by atoms with Crippen LogP contribution in [0.5, 0.6) is 0 Å². The van der Waals surface area contributed by atoms with Crippen LogP contribution in [-0.4, -0.2) is 53.3 Å². The van der Waals surface area contributed by atoms with Gasteiger partial charge in [-0.2, -0.15) is 0 Å². The Morgan fingerprint density at radius 1 is 0.950 bits per heavy atom. The lowest BCUT2D eigenvalue weighted by Crippen LogP contribution is -2.37. The average molecular weight is 534 g/mol. The Kier molecular flexibility index (Phi) is 6.82. The lowest BCUT2D eigenvalue weighted by Gasteiger charge is -2.32. The van der Waals surface area contributed by atoms with Crippen molar-refractivity contribution in [3.05, 3.63) is 108 Å². The molecular formula is C32H31N5O3. The maximum absolute atomic E-state index is 13.7. The average Bonchev–Trinajstić information content (AvgIpc) is 3.64. The Hall–Kier alpha value is -4.85. The fourth-order valence-electron chi connectivity index (χ4n) is 5.35. The Morgan fingerprint density at radius 2 is 1.68 bits per heavy atom. The molecule has 0 aliphatic carbocycles. The van der Waals surface area contributed by atoms with Crippen molar-refractivity contribution < 1.29 is 14.0 Å². The molecule has 8 heteroatoms. The minimum atomic E-state index is -0.339. The highest BCUT2D eigenvalue weighted by molar-refractivity contribution is 6.03. The normalized spacial score (nSPS) is 13.9. The van der Waals surface area contributed by atoms with Gasteiger partial charge in [-0.15, -0.1) is 0 Å². The number of piperidine rings is 1. The third-order valence-electron chi connectivity index (χ3n) is 7.50. The second kappa shape index (κ2) is 10.7. The van der Waals surface area contributed by atoms with Crippen molar-refractivity contribution >= 4 is 29.0 Å². The van der Waals surface area contributed by atoms with Crippen LogP contribution >= 0.6 is 0 Å². The van der Waals surface area contributed by atoms with E-state index < -0.39 is 0 Å². The van der Waals surface area contributed by atoms with E-state index >= 15 is 0 Å². The number of hydrogen-bond donors (Lipinski definition) is 1. The zero-order chi connectivity index (χ0) is 27.6. The van der Waals surface area contributed by atoms with E-state index in [2.05, 4.69) is 39.0 Å². The predicted octanol–water partition coefficient (Wildman–Crippen LogP) is 5.93. The lowest BCUT2D eigenvalue weighted by molar-refractivity contribution is 0.0715. The van der Waals surface area contributed by atoms with Crippen molar-refractivity contribution in [2.75, 3.05) is 37.4 Å². The fraction of sp³-hybridized carbons (Fsp3) is 0.219. The van der Waals surface area contributed by atoms with Gasteiger partial charge in [0, 0.05) is 39.1 Å². The molecule has 1 aliphatic rings. The molecule has 40 heavy (non-hydrogen) atoms. The Balaban J connectivity index is 1.10. The molecule has 202 valence electrons. The molecule has 0 bridgehead atoms. The number of anilines is 2. The maximum Gasteiger partial charge on any atom is 0.297 e. The molecule has 6 rings (SSSR count). The first kappa shape index (κ1) is 25.4. The molecule has 1 saturated heterocycles. The van der Waals surface area contributed by atoms with Gasteiger partial charge in [0.05, 0.1) is 23.0 Å². The summed E-state index contributed by atoms with van der Waals surface area (Å²) in [5.74, 6) is 0.258. The van der Waals surface area contributed by atoms with Gasteiger partial charge in [-0.3, -0.25) is 9.59 Å². The molecule has 0 spiro atoms. The molecule has 0 atom stereocenters. The zero-order valence-corrected chi connectivity index (χ0v) is 22.6. The highest BCUT2D eigenvalue weighted by atomic mass is 16.4. The summed E-state index contributed by atoms with van der Waals surface area (Å²) in [7, 11) is 3.61. The summed E-state index contributed by atoms with van der Waals surface area (Å²) in [6, 6.07) is 26.5. The number of aromatic nitrogens is 2. The SMILES string of the molecule is CN(C)c1ncc(C(=O)Nc2ccc(C3CCN(C(=O)c4cc(-c5ccccc5)n5ccccc45)CC3)cc2)o1. The Bertz CT molecular complexity index is 1650. The highest BCUT2D eigenvalue weighted by Crippen LogP contribution is 2.32. The third-order valence-corrected chi connectivity index (χ3v) is 7.50. The van der Waals surface area contributed by atoms with E-state index in [9.17, 15) is 9.59 Å². The van der Waals surface area contributed by atoms with Crippen LogP contribution in [0, 0.1) is 0 Å². The minimum absolute atomic E-state index is 0.0761. The van der Waals surface area contributed by atoms with Crippen molar-refractivity contribution in [2.45, 2.75) is 18.8 Å². The number of nitrogens with zero attached hydrogens (tertiary/aromatic N) is 4. The van der Waals surface area contributed by atoms with Crippen LogP contribution in [0.4, 0.5) is 11.7 Å². The third kappa shape index (κ3) is 4.96. The van der Waals surface area contributed by atoms with Crippen LogP contribution < -0.4 is 10.2 Å². The van der Waals surface area contributed by atoms with E-state index in [0.717, 1.165) is 35.2 Å². The maximum atomic E-state index is 13.7. The van der Waals surface area contributed by atoms with Gasteiger partial charge in [-0.1, -0.05) is 48.5 Å². The summed E-state index contributed by atoms with van der Waals surface area (Å²) in [6.07, 6.45) is 5.22. The van der Waals surface area contributed by atoms with Crippen LogP contribution in [0.3, 0.4) is 0 Å². The number of fused-ring (bicyclic) bond motifs is 1. The molecule has 8 nitrogen and oxygen atoms in total. The summed E-state index contributed by atoms with van der Waals surface area (Å²) in [5, 5.41) is 2.86. The van der Waals surface area contributed by atoms with Crippen LogP contribution in [-0.2, 0) is 0 Å². The number of oxazole rings is 1. The molecule has 5 aromatic rings. The molecular weight excluding hydrogens is 502 g/mol. The number of benzene rings is 2. The zero-order valence-electron chi connectivity index (χ0n) is 22.6. The van der Waals surface area contributed by atoms with E-state index in [1.54, 1.807) is 19.0 Å². The highest BCUT2D eigenvalue weighted by Gasteiger charge is 2.27. The smallest absolute Gasteiger partial charge is 0.297 e. The number of likely N-dealkylation sites (tertiary alicyclic amines) is 1. The van der Waals surface area contributed by atoms with Gasteiger partial charge >= 0.3 is 0 Å². The van der Waals surface area contributed by atoms with Crippen LogP contribution in [0.15, 0.2) is 95.7 Å². The van der Waals surface area contributed by atoms with Crippen molar-refractivity contribution in [3.63, 3.8) is 0 Å². The predicted molar refractivity (Wildman–Crippen MR) is 156 cm³/mol. The van der Waals surface area contributed by atoms with Crippen molar-refractivity contribution in [1.29, 1.82) is 0 Å². The molecule has 4 heterocycles. The van der Waals surface area contributed by atoms with Gasteiger partial charge in [-0.25, -0.2) is 4.98 Å². The number of nitrogens with one attached hydrogen (secondary N) is 1. The Labute approximate surface area is 232 Å². The van der Waals surface area contributed by atoms with E-state index in [4.69, 9.17) is 4.42 Å². The minimum Gasteiger partial charge on any atom is -0.418 e. The summed E-state index contributed by atoms with van der Waals surface area (Å²) in [5.41, 5.74) is 5.67. The largest absolute Gasteiger partial charge is 0.418 e. The molecule has 0 unspecified atom stereocenters. The van der Waals surface area contributed by atoms with Crippen molar-refractivity contribution in [1.82, 2.24) is 14.3 Å². The van der Waals surface area contributed by atoms with E-state index in [-0.39, 0.29) is 17.6 Å². The molecule has 2 aromatic carbocycles. The topological polar surface area (TPSA) is 83.1 Å². The van der Waals surface area contributed by atoms with E-state index in [1.807, 2.05) is 65.7 Å². The van der Waals surface area contributed by atoms with Crippen LogP contribution in [0.25, 0.3) is 16.8 Å². The number of carbonyl (C=O) groups excluding carboxylic acids is 2. The first-order valence-electron chi connectivity index (χ1n) is 13.5. The first-order valence-corrected chi connectivity index (χ1v) is 13.5. The monoisotopic (exact) mass is 533 g/mol. The standard InChI is InChI=1S/C32H31N5O3/c1-35(2)32-33-21-29(40-32)30(38)34-25-13-11-22(12-14-25)23-15-18-36(19-16-23)31(39)26-20-28(24-8-4-3-5-9-24)37-17-7-6-10-27(26)37/h3-14,17,20-21,23H,15-16,18-19H2,1-2H3,(H,34,38). The molecule has 1 N–H and O–H groups in total. The van der Waals surface area contributed by atoms with Crippen molar-refractivity contribution in [2.24, 2.45) is 0 Å².